The molecule has 0 spiro atoms. The molecule has 1 saturated carbocycles. The normalized spacial score (nSPS) is 20.0. The number of hydrogen-bond donors (Lipinski definition) is 3. The van der Waals surface area contributed by atoms with E-state index < -0.39 is 12.1 Å². The van der Waals surface area contributed by atoms with Crippen molar-refractivity contribution in [3.8, 4) is 5.75 Å². The van der Waals surface area contributed by atoms with Crippen LogP contribution in [0.1, 0.15) is 63.0 Å². The zero-order valence-corrected chi connectivity index (χ0v) is 19.1. The Morgan fingerprint density at radius 2 is 1.90 bits per heavy atom. The van der Waals surface area contributed by atoms with E-state index in [4.69, 9.17) is 9.47 Å². The van der Waals surface area contributed by atoms with Crippen LogP contribution in [-0.4, -0.2) is 50.9 Å². The van der Waals surface area contributed by atoms with E-state index in [-0.39, 0.29) is 17.4 Å². The molecule has 1 aliphatic carbocycles. The first-order valence-electron chi connectivity index (χ1n) is 11.5. The molecule has 7 heteroatoms. The fraction of sp³-hybridized carbons (Fsp3) is 0.667. The third kappa shape index (κ3) is 6.20. The van der Waals surface area contributed by atoms with Crippen LogP contribution in [0.3, 0.4) is 0 Å². The van der Waals surface area contributed by atoms with E-state index in [0.29, 0.717) is 19.8 Å². The van der Waals surface area contributed by atoms with Gasteiger partial charge in [0.2, 0.25) is 5.91 Å². The number of benzene rings is 1. The highest BCUT2D eigenvalue weighted by Gasteiger charge is 2.37. The Labute approximate surface area is 185 Å². The maximum atomic E-state index is 12.6. The zero-order chi connectivity index (χ0) is 22.3. The van der Waals surface area contributed by atoms with Crippen molar-refractivity contribution in [2.75, 3.05) is 26.9 Å². The smallest absolute Gasteiger partial charge is 0.321 e. The average Bonchev–Trinajstić information content (AvgIpc) is 2.78. The van der Waals surface area contributed by atoms with Crippen LogP contribution in [0.5, 0.6) is 5.75 Å². The Kier molecular flexibility index (Phi) is 8.32. The van der Waals surface area contributed by atoms with Crippen molar-refractivity contribution < 1.29 is 19.1 Å². The molecular weight excluding hydrogens is 394 g/mol. The molecule has 2 fully saturated rings. The van der Waals surface area contributed by atoms with E-state index in [0.717, 1.165) is 49.8 Å². The monoisotopic (exact) mass is 431 g/mol. The molecule has 1 unspecified atom stereocenters. The SMILES string of the molecule is COc1ccc(C)cc1C1(CNC(C)C(=O)NC(=O)NC2CCCCC2)CCOCC1. The van der Waals surface area contributed by atoms with Crippen molar-refractivity contribution >= 4 is 11.9 Å². The van der Waals surface area contributed by atoms with Crippen LogP contribution in [0.15, 0.2) is 18.2 Å². The van der Waals surface area contributed by atoms with Gasteiger partial charge in [0, 0.05) is 36.8 Å². The number of nitrogens with one attached hydrogen (secondary N) is 3. The molecule has 3 amide bonds. The number of rotatable bonds is 7. The molecule has 7 nitrogen and oxygen atoms in total. The molecule has 3 rings (SSSR count). The third-order valence-corrected chi connectivity index (χ3v) is 6.69. The topological polar surface area (TPSA) is 88.7 Å². The largest absolute Gasteiger partial charge is 0.496 e. The summed E-state index contributed by atoms with van der Waals surface area (Å²) in [4.78, 5) is 24.8. The maximum absolute atomic E-state index is 12.6. The molecule has 1 aromatic carbocycles. The van der Waals surface area contributed by atoms with E-state index in [1.165, 1.54) is 12.0 Å². The molecule has 0 bridgehead atoms. The lowest BCUT2D eigenvalue weighted by atomic mass is 9.73. The summed E-state index contributed by atoms with van der Waals surface area (Å²) >= 11 is 0. The Hall–Kier alpha value is -2.12. The van der Waals surface area contributed by atoms with Gasteiger partial charge in [0.05, 0.1) is 13.2 Å². The summed E-state index contributed by atoms with van der Waals surface area (Å²) in [6, 6.07) is 5.51. The number of urea groups is 1. The van der Waals surface area contributed by atoms with Crippen molar-refractivity contribution in [2.45, 2.75) is 76.3 Å². The number of hydrogen-bond acceptors (Lipinski definition) is 5. The lowest BCUT2D eigenvalue weighted by Gasteiger charge is -2.39. The minimum absolute atomic E-state index is 0.170. The van der Waals surface area contributed by atoms with Crippen molar-refractivity contribution in [3.05, 3.63) is 29.3 Å². The van der Waals surface area contributed by atoms with E-state index in [2.05, 4.69) is 28.9 Å². The number of carbonyl (C=O) groups is 2. The van der Waals surface area contributed by atoms with Crippen LogP contribution in [0.25, 0.3) is 0 Å². The van der Waals surface area contributed by atoms with Gasteiger partial charge in [-0.25, -0.2) is 4.79 Å². The minimum Gasteiger partial charge on any atom is -0.496 e. The van der Waals surface area contributed by atoms with Gasteiger partial charge in [-0.1, -0.05) is 37.0 Å². The van der Waals surface area contributed by atoms with Gasteiger partial charge in [0.1, 0.15) is 5.75 Å². The molecular formula is C24H37N3O4. The third-order valence-electron chi connectivity index (χ3n) is 6.69. The van der Waals surface area contributed by atoms with Gasteiger partial charge in [0.15, 0.2) is 0 Å². The number of amides is 3. The fourth-order valence-electron chi connectivity index (χ4n) is 4.67. The summed E-state index contributed by atoms with van der Waals surface area (Å²) in [5.74, 6) is 0.546. The fourth-order valence-corrected chi connectivity index (χ4v) is 4.67. The van der Waals surface area contributed by atoms with Crippen molar-refractivity contribution in [2.24, 2.45) is 0 Å². The van der Waals surface area contributed by atoms with Crippen LogP contribution in [-0.2, 0) is 14.9 Å². The van der Waals surface area contributed by atoms with Crippen LogP contribution in [0, 0.1) is 6.92 Å². The highest BCUT2D eigenvalue weighted by atomic mass is 16.5. The Morgan fingerprint density at radius 1 is 1.19 bits per heavy atom. The number of aryl methyl sites for hydroxylation is 1. The van der Waals surface area contributed by atoms with Crippen molar-refractivity contribution in [1.82, 2.24) is 16.0 Å². The van der Waals surface area contributed by atoms with Crippen LogP contribution in [0.4, 0.5) is 4.79 Å². The first kappa shape index (κ1) is 23.5. The second-order valence-corrected chi connectivity index (χ2v) is 9.00. The number of carbonyl (C=O) groups excluding carboxylic acids is 2. The summed E-state index contributed by atoms with van der Waals surface area (Å²) in [6.07, 6.45) is 7.14. The molecule has 1 atom stereocenters. The molecule has 2 aliphatic rings. The van der Waals surface area contributed by atoms with Crippen LogP contribution < -0.4 is 20.7 Å². The van der Waals surface area contributed by atoms with Gasteiger partial charge < -0.3 is 20.1 Å². The van der Waals surface area contributed by atoms with Crippen molar-refractivity contribution in [1.29, 1.82) is 0 Å². The van der Waals surface area contributed by atoms with Gasteiger partial charge in [-0.15, -0.1) is 0 Å². The summed E-state index contributed by atoms with van der Waals surface area (Å²) in [5.41, 5.74) is 2.13. The first-order valence-corrected chi connectivity index (χ1v) is 11.5. The molecule has 1 heterocycles. The standard InChI is InChI=1S/C24H37N3O4/c1-17-9-10-21(30-3)20(15-17)24(11-13-31-14-12-24)16-25-18(2)22(28)27-23(29)26-19-7-5-4-6-8-19/h9-10,15,18-19,25H,4-8,11-14,16H2,1-3H3,(H2,26,27,28,29). The molecule has 31 heavy (non-hydrogen) atoms. The molecule has 1 aliphatic heterocycles. The lowest BCUT2D eigenvalue weighted by molar-refractivity contribution is -0.121. The highest BCUT2D eigenvalue weighted by Crippen LogP contribution is 2.40. The van der Waals surface area contributed by atoms with Gasteiger partial charge in [-0.2, -0.15) is 0 Å². The molecule has 172 valence electrons. The Balaban J connectivity index is 1.61. The summed E-state index contributed by atoms with van der Waals surface area (Å²) < 4.78 is 11.3. The predicted molar refractivity (Wildman–Crippen MR) is 120 cm³/mol. The molecule has 1 saturated heterocycles. The van der Waals surface area contributed by atoms with Crippen molar-refractivity contribution in [3.63, 3.8) is 0 Å². The second-order valence-electron chi connectivity index (χ2n) is 9.00. The van der Waals surface area contributed by atoms with E-state index in [1.54, 1.807) is 14.0 Å². The summed E-state index contributed by atoms with van der Waals surface area (Å²) in [5, 5.41) is 8.80. The van der Waals surface area contributed by atoms with Gasteiger partial charge in [-0.3, -0.25) is 10.1 Å². The maximum Gasteiger partial charge on any atom is 0.321 e. The number of ether oxygens (including phenoxy) is 2. The number of imide groups is 1. The minimum atomic E-state index is -0.493. The van der Waals surface area contributed by atoms with Crippen LogP contribution >= 0.6 is 0 Å². The predicted octanol–water partition coefficient (Wildman–Crippen LogP) is 3.19. The Bertz CT molecular complexity index is 755. The van der Waals surface area contributed by atoms with Gasteiger partial charge in [-0.05, 0) is 45.6 Å². The molecule has 3 N–H and O–H groups in total. The summed E-state index contributed by atoms with van der Waals surface area (Å²) in [7, 11) is 1.69. The van der Waals surface area contributed by atoms with Gasteiger partial charge in [0.25, 0.3) is 0 Å². The Morgan fingerprint density at radius 3 is 2.58 bits per heavy atom. The zero-order valence-electron chi connectivity index (χ0n) is 19.1. The van der Waals surface area contributed by atoms with Gasteiger partial charge >= 0.3 is 6.03 Å². The lowest BCUT2D eigenvalue weighted by Crippen LogP contribution is -2.53. The highest BCUT2D eigenvalue weighted by molar-refractivity contribution is 5.96. The first-order chi connectivity index (χ1) is 14.9. The van der Waals surface area contributed by atoms with E-state index in [1.807, 2.05) is 12.1 Å². The second kappa shape index (κ2) is 11.0. The number of methoxy groups -OCH3 is 1. The van der Waals surface area contributed by atoms with E-state index in [9.17, 15) is 9.59 Å². The average molecular weight is 432 g/mol. The molecule has 1 aromatic rings. The molecule has 0 aromatic heterocycles. The molecule has 0 radical (unpaired) electrons. The summed E-state index contributed by atoms with van der Waals surface area (Å²) in [6.45, 7) is 5.81. The quantitative estimate of drug-likeness (QED) is 0.617. The van der Waals surface area contributed by atoms with Crippen LogP contribution in [0.2, 0.25) is 0 Å². The van der Waals surface area contributed by atoms with E-state index >= 15 is 0 Å².